The van der Waals surface area contributed by atoms with Gasteiger partial charge in [0.15, 0.2) is 5.25 Å². The Morgan fingerprint density at radius 1 is 1.60 bits per heavy atom. The first kappa shape index (κ1) is 12.8. The molecule has 0 aromatic heterocycles. The third-order valence-electron chi connectivity index (χ3n) is 2.30. The van der Waals surface area contributed by atoms with E-state index < -0.39 is 21.2 Å². The summed E-state index contributed by atoms with van der Waals surface area (Å²) in [6.45, 7) is 1.18. The number of hydrogen-bond donors (Lipinski definition) is 2. The van der Waals surface area contributed by atoms with Crippen LogP contribution in [0.3, 0.4) is 0 Å². The quantitative estimate of drug-likeness (QED) is 0.751. The Bertz CT molecular complexity index is 322. The molecule has 7 heteroatoms. The maximum absolute atomic E-state index is 11.5. The minimum atomic E-state index is -3.72. The zero-order valence-corrected chi connectivity index (χ0v) is 10.1. The number of sulfonamides is 1. The Balaban J connectivity index is 2.58. The zero-order chi connectivity index (χ0) is 11.5. The van der Waals surface area contributed by atoms with Gasteiger partial charge in [0.05, 0.1) is 0 Å². The summed E-state index contributed by atoms with van der Waals surface area (Å²) in [5.41, 5.74) is 0. The van der Waals surface area contributed by atoms with Crippen molar-refractivity contribution in [2.75, 3.05) is 11.5 Å². The van der Waals surface area contributed by atoms with Crippen molar-refractivity contribution < 1.29 is 18.3 Å². The topological polar surface area (TPSA) is 83.5 Å². The average Bonchev–Trinajstić information content (AvgIpc) is 2.17. The normalized spacial score (nSPS) is 24.7. The molecular formula is C8H15NO4S2. The highest BCUT2D eigenvalue weighted by Gasteiger charge is 2.30. The van der Waals surface area contributed by atoms with E-state index in [-0.39, 0.29) is 6.04 Å². The van der Waals surface area contributed by atoms with Gasteiger partial charge in [0.2, 0.25) is 10.0 Å². The van der Waals surface area contributed by atoms with Crippen LogP contribution in [0, 0.1) is 0 Å². The second kappa shape index (κ2) is 5.18. The van der Waals surface area contributed by atoms with E-state index in [0.717, 1.165) is 24.3 Å². The molecule has 2 N–H and O–H groups in total. The van der Waals surface area contributed by atoms with Crippen LogP contribution in [0.1, 0.15) is 19.8 Å². The minimum absolute atomic E-state index is 0.115. The Morgan fingerprint density at radius 2 is 2.27 bits per heavy atom. The van der Waals surface area contributed by atoms with Crippen LogP contribution in [0.5, 0.6) is 0 Å². The number of thioether (sulfide) groups is 1. The largest absolute Gasteiger partial charge is 0.480 e. The first-order valence-corrected chi connectivity index (χ1v) is 7.45. The van der Waals surface area contributed by atoms with Crippen LogP contribution in [-0.4, -0.2) is 42.3 Å². The zero-order valence-electron chi connectivity index (χ0n) is 8.47. The molecule has 2 unspecified atom stereocenters. The molecular weight excluding hydrogens is 238 g/mol. The molecule has 0 aromatic carbocycles. The van der Waals surface area contributed by atoms with Gasteiger partial charge in [-0.3, -0.25) is 4.79 Å². The molecule has 1 aliphatic rings. The number of nitrogens with one attached hydrogen (secondary N) is 1. The molecule has 88 valence electrons. The fourth-order valence-corrected chi connectivity index (χ4v) is 3.61. The molecule has 0 bridgehead atoms. The molecule has 2 atom stereocenters. The molecule has 0 aliphatic carbocycles. The van der Waals surface area contributed by atoms with Crippen LogP contribution >= 0.6 is 11.8 Å². The van der Waals surface area contributed by atoms with Gasteiger partial charge in [0.25, 0.3) is 0 Å². The van der Waals surface area contributed by atoms with Gasteiger partial charge in [-0.1, -0.05) is 0 Å². The van der Waals surface area contributed by atoms with Crippen molar-refractivity contribution in [3.8, 4) is 0 Å². The number of carbonyl (C=O) groups is 1. The maximum atomic E-state index is 11.5. The molecule has 5 nitrogen and oxygen atoms in total. The van der Waals surface area contributed by atoms with Crippen molar-refractivity contribution in [1.29, 1.82) is 0 Å². The van der Waals surface area contributed by atoms with Gasteiger partial charge in [-0.25, -0.2) is 13.1 Å². The summed E-state index contributed by atoms with van der Waals surface area (Å²) < 4.78 is 25.5. The molecule has 0 saturated carbocycles. The van der Waals surface area contributed by atoms with E-state index in [0.29, 0.717) is 0 Å². The Labute approximate surface area is 93.7 Å². The van der Waals surface area contributed by atoms with E-state index in [9.17, 15) is 13.2 Å². The van der Waals surface area contributed by atoms with Gasteiger partial charge in [-0.2, -0.15) is 11.8 Å². The van der Waals surface area contributed by atoms with Gasteiger partial charge < -0.3 is 5.11 Å². The first-order chi connectivity index (χ1) is 6.93. The number of carboxylic acids is 1. The average molecular weight is 253 g/mol. The van der Waals surface area contributed by atoms with Crippen LogP contribution < -0.4 is 4.72 Å². The lowest BCUT2D eigenvalue weighted by molar-refractivity contribution is -0.136. The predicted molar refractivity (Wildman–Crippen MR) is 59.5 cm³/mol. The molecule has 0 aromatic rings. The third kappa shape index (κ3) is 3.66. The third-order valence-corrected chi connectivity index (χ3v) is 5.31. The summed E-state index contributed by atoms with van der Waals surface area (Å²) in [5.74, 6) is 0.462. The second-order valence-corrected chi connectivity index (χ2v) is 6.74. The first-order valence-electron chi connectivity index (χ1n) is 4.75. The van der Waals surface area contributed by atoms with Crippen LogP contribution in [0.15, 0.2) is 0 Å². The molecule has 1 aliphatic heterocycles. The Morgan fingerprint density at radius 3 is 2.73 bits per heavy atom. The summed E-state index contributed by atoms with van der Waals surface area (Å²) in [6.07, 6.45) is 1.76. The van der Waals surface area contributed by atoms with Crippen molar-refractivity contribution in [2.24, 2.45) is 0 Å². The smallest absolute Gasteiger partial charge is 0.323 e. The van der Waals surface area contributed by atoms with E-state index in [2.05, 4.69) is 4.72 Å². The van der Waals surface area contributed by atoms with Gasteiger partial charge in [-0.15, -0.1) is 0 Å². The lowest BCUT2D eigenvalue weighted by Gasteiger charge is -2.23. The van der Waals surface area contributed by atoms with Crippen molar-refractivity contribution in [1.82, 2.24) is 4.72 Å². The lowest BCUT2D eigenvalue weighted by Crippen LogP contribution is -2.44. The van der Waals surface area contributed by atoms with Crippen molar-refractivity contribution in [2.45, 2.75) is 31.1 Å². The maximum Gasteiger partial charge on any atom is 0.323 e. The van der Waals surface area contributed by atoms with E-state index in [1.807, 2.05) is 0 Å². The van der Waals surface area contributed by atoms with E-state index in [1.54, 1.807) is 11.8 Å². The second-order valence-electron chi connectivity index (χ2n) is 3.56. The lowest BCUT2D eigenvalue weighted by atomic mass is 10.2. The van der Waals surface area contributed by atoms with Crippen LogP contribution in [0.25, 0.3) is 0 Å². The van der Waals surface area contributed by atoms with Gasteiger partial charge in [0, 0.05) is 11.8 Å². The highest BCUT2D eigenvalue weighted by atomic mass is 32.2. The standard InChI is InChI=1S/C8H15NO4S2/c1-6(8(10)11)15(12,13)9-7-3-2-4-14-5-7/h6-7,9H,2-5H2,1H3,(H,10,11). The SMILES string of the molecule is CC(C(=O)O)S(=O)(=O)NC1CCCSC1. The minimum Gasteiger partial charge on any atom is -0.480 e. The predicted octanol–water partition coefficient (Wildman–Crippen LogP) is 0.274. The molecule has 0 radical (unpaired) electrons. The fraction of sp³-hybridized carbons (Fsp3) is 0.875. The van der Waals surface area contributed by atoms with Crippen LogP contribution in [-0.2, 0) is 14.8 Å². The van der Waals surface area contributed by atoms with Crippen molar-refractivity contribution in [3.05, 3.63) is 0 Å². The van der Waals surface area contributed by atoms with Gasteiger partial charge in [-0.05, 0) is 25.5 Å². The Hall–Kier alpha value is -0.270. The molecule has 0 amide bonds. The summed E-state index contributed by atoms with van der Waals surface area (Å²) >= 11 is 1.69. The number of aliphatic carboxylic acids is 1. The molecule has 1 rings (SSSR count). The molecule has 1 fully saturated rings. The molecule has 1 saturated heterocycles. The van der Waals surface area contributed by atoms with Crippen molar-refractivity contribution >= 4 is 27.8 Å². The van der Waals surface area contributed by atoms with Gasteiger partial charge >= 0.3 is 5.97 Å². The summed E-state index contributed by atoms with van der Waals surface area (Å²) in [7, 11) is -3.72. The molecule has 15 heavy (non-hydrogen) atoms. The number of rotatable bonds is 4. The highest BCUT2D eigenvalue weighted by molar-refractivity contribution is 7.99. The van der Waals surface area contributed by atoms with Crippen molar-refractivity contribution in [3.63, 3.8) is 0 Å². The van der Waals surface area contributed by atoms with E-state index in [4.69, 9.17) is 5.11 Å². The van der Waals surface area contributed by atoms with Crippen LogP contribution in [0.4, 0.5) is 0 Å². The molecule has 1 heterocycles. The fourth-order valence-electron chi connectivity index (χ4n) is 1.30. The Kier molecular flexibility index (Phi) is 4.42. The molecule has 0 spiro atoms. The van der Waals surface area contributed by atoms with Crippen LogP contribution in [0.2, 0.25) is 0 Å². The summed E-state index contributed by atoms with van der Waals surface area (Å²) in [6, 6.07) is -0.115. The number of hydrogen-bond acceptors (Lipinski definition) is 4. The van der Waals surface area contributed by atoms with E-state index in [1.165, 1.54) is 6.92 Å². The monoisotopic (exact) mass is 253 g/mol. The van der Waals surface area contributed by atoms with Gasteiger partial charge in [0.1, 0.15) is 0 Å². The number of carboxylic acid groups (broad SMARTS) is 1. The summed E-state index contributed by atoms with van der Waals surface area (Å²) in [5, 5.41) is 7.24. The summed E-state index contributed by atoms with van der Waals surface area (Å²) in [4.78, 5) is 10.6. The van der Waals surface area contributed by atoms with E-state index >= 15 is 0 Å². The highest BCUT2D eigenvalue weighted by Crippen LogP contribution is 2.18.